The Morgan fingerprint density at radius 2 is 1.71 bits per heavy atom. The molecule has 5 heteroatoms. The van der Waals surface area contributed by atoms with Crippen molar-refractivity contribution in [1.82, 2.24) is 10.3 Å². The van der Waals surface area contributed by atoms with Gasteiger partial charge in [0, 0.05) is 6.42 Å². The molecule has 5 nitrogen and oxygen atoms in total. The first-order chi connectivity index (χ1) is 11.6. The van der Waals surface area contributed by atoms with E-state index in [1.807, 2.05) is 60.7 Å². The molecule has 0 saturated heterocycles. The minimum atomic E-state index is -0.399. The molecule has 3 rings (SSSR count). The number of carbonyl (C=O) groups excluding carboxylic acids is 2. The molecule has 0 aliphatic carbocycles. The van der Waals surface area contributed by atoms with E-state index in [1.54, 1.807) is 0 Å². The van der Waals surface area contributed by atoms with Crippen LogP contribution in [-0.2, 0) is 11.3 Å². The summed E-state index contributed by atoms with van der Waals surface area (Å²) in [6.45, 7) is 1.90. The highest BCUT2D eigenvalue weighted by atomic mass is 16.2. The van der Waals surface area contributed by atoms with Gasteiger partial charge in [0.05, 0.1) is 18.3 Å². The number of Topliss-reactive ketones (excluding diaryl/α,β-unsaturated/α-hetero) is 1. The van der Waals surface area contributed by atoms with Gasteiger partial charge >= 0.3 is 6.03 Å². The highest BCUT2D eigenvalue weighted by molar-refractivity contribution is 6.09. The Kier molecular flexibility index (Phi) is 4.70. The predicted molar refractivity (Wildman–Crippen MR) is 92.6 cm³/mol. The number of nitrogens with one attached hydrogen (secondary N) is 1. The zero-order valence-corrected chi connectivity index (χ0v) is 13.5. The summed E-state index contributed by atoms with van der Waals surface area (Å²) >= 11 is 0. The topological polar surface area (TPSA) is 61.8 Å². The highest BCUT2D eigenvalue weighted by Crippen LogP contribution is 2.16. The van der Waals surface area contributed by atoms with Crippen molar-refractivity contribution in [2.45, 2.75) is 25.9 Å². The molecule has 0 bridgehead atoms. The van der Waals surface area contributed by atoms with E-state index >= 15 is 0 Å². The third kappa shape index (κ3) is 3.68. The van der Waals surface area contributed by atoms with E-state index in [-0.39, 0.29) is 18.2 Å². The van der Waals surface area contributed by atoms with E-state index in [1.165, 1.54) is 11.9 Å². The number of amides is 2. The molecule has 1 N–H and O–H groups in total. The van der Waals surface area contributed by atoms with Gasteiger partial charge in [-0.2, -0.15) is 5.10 Å². The summed E-state index contributed by atoms with van der Waals surface area (Å²) in [5, 5.41) is 8.86. The molecule has 1 atom stereocenters. The molecule has 0 radical (unpaired) electrons. The molecular formula is C19H19N3O2. The molecule has 0 spiro atoms. The fourth-order valence-corrected chi connectivity index (χ4v) is 2.70. The number of ketones is 1. The summed E-state index contributed by atoms with van der Waals surface area (Å²) in [5.41, 5.74) is 2.61. The summed E-state index contributed by atoms with van der Waals surface area (Å²) in [5.74, 6) is 0.0143. The maximum Gasteiger partial charge on any atom is 0.338 e. The van der Waals surface area contributed by atoms with Gasteiger partial charge in [0.1, 0.15) is 5.78 Å². The molecule has 1 aliphatic heterocycles. The van der Waals surface area contributed by atoms with Gasteiger partial charge in [-0.1, -0.05) is 60.7 Å². The Morgan fingerprint density at radius 1 is 1.08 bits per heavy atom. The van der Waals surface area contributed by atoms with Crippen LogP contribution in [0.5, 0.6) is 0 Å². The third-order valence-corrected chi connectivity index (χ3v) is 3.83. The average molecular weight is 321 g/mol. The normalized spacial score (nSPS) is 17.2. The molecule has 0 aromatic heterocycles. The molecule has 0 saturated carbocycles. The van der Waals surface area contributed by atoms with E-state index < -0.39 is 6.04 Å². The maximum atomic E-state index is 12.4. The largest absolute Gasteiger partial charge is 0.338 e. The lowest BCUT2D eigenvalue weighted by molar-refractivity contribution is -0.117. The Hall–Kier alpha value is -2.95. The van der Waals surface area contributed by atoms with Crippen molar-refractivity contribution in [2.75, 3.05) is 0 Å². The van der Waals surface area contributed by atoms with Crippen molar-refractivity contribution in [1.29, 1.82) is 0 Å². The summed E-state index contributed by atoms with van der Waals surface area (Å²) in [6.07, 6.45) is 0.235. The molecule has 1 heterocycles. The van der Waals surface area contributed by atoms with Crippen LogP contribution >= 0.6 is 0 Å². The monoisotopic (exact) mass is 321 g/mol. The number of hydrazone groups is 1. The molecule has 1 aliphatic rings. The first-order valence-corrected chi connectivity index (χ1v) is 7.89. The average Bonchev–Trinajstić information content (AvgIpc) is 2.58. The van der Waals surface area contributed by atoms with Gasteiger partial charge in [0.2, 0.25) is 0 Å². The number of rotatable bonds is 5. The number of carbonyl (C=O) groups is 2. The number of hydrogen-bond acceptors (Lipinski definition) is 3. The second kappa shape index (κ2) is 7.08. The minimum Gasteiger partial charge on any atom is -0.328 e. The van der Waals surface area contributed by atoms with Crippen molar-refractivity contribution in [3.63, 3.8) is 0 Å². The lowest BCUT2D eigenvalue weighted by Crippen LogP contribution is -2.52. The SMILES string of the molecule is CC(=O)CC1NC(=O)N(Cc2ccccc2)N=C1c1ccccc1. The van der Waals surface area contributed by atoms with E-state index in [0.717, 1.165) is 11.1 Å². The van der Waals surface area contributed by atoms with Crippen LogP contribution in [0, 0.1) is 0 Å². The smallest absolute Gasteiger partial charge is 0.328 e. The quantitative estimate of drug-likeness (QED) is 0.920. The molecule has 2 amide bonds. The molecule has 2 aromatic rings. The number of nitrogens with zero attached hydrogens (tertiary/aromatic N) is 2. The number of hydrogen-bond donors (Lipinski definition) is 1. The zero-order valence-electron chi connectivity index (χ0n) is 13.5. The number of urea groups is 1. The van der Waals surface area contributed by atoms with Gasteiger partial charge in [-0.3, -0.25) is 4.79 Å². The van der Waals surface area contributed by atoms with Crippen molar-refractivity contribution in [3.8, 4) is 0 Å². The van der Waals surface area contributed by atoms with Crippen molar-refractivity contribution >= 4 is 17.5 Å². The Morgan fingerprint density at radius 3 is 2.33 bits per heavy atom. The van der Waals surface area contributed by atoms with Gasteiger partial charge < -0.3 is 5.32 Å². The van der Waals surface area contributed by atoms with Gasteiger partial charge in [-0.15, -0.1) is 0 Å². The summed E-state index contributed by atoms with van der Waals surface area (Å²) in [6, 6.07) is 18.6. The van der Waals surface area contributed by atoms with Crippen LogP contribution in [0.2, 0.25) is 0 Å². The van der Waals surface area contributed by atoms with E-state index in [2.05, 4.69) is 10.4 Å². The van der Waals surface area contributed by atoms with Crippen LogP contribution in [0.25, 0.3) is 0 Å². The van der Waals surface area contributed by atoms with Crippen molar-refractivity contribution in [2.24, 2.45) is 5.10 Å². The van der Waals surface area contributed by atoms with E-state index in [0.29, 0.717) is 12.3 Å². The zero-order chi connectivity index (χ0) is 16.9. The van der Waals surface area contributed by atoms with Gasteiger partial charge in [-0.25, -0.2) is 9.80 Å². The maximum absolute atomic E-state index is 12.4. The van der Waals surface area contributed by atoms with Crippen LogP contribution < -0.4 is 5.32 Å². The molecule has 24 heavy (non-hydrogen) atoms. The summed E-state index contributed by atoms with van der Waals surface area (Å²) in [4.78, 5) is 23.9. The molecule has 2 aromatic carbocycles. The molecule has 1 unspecified atom stereocenters. The van der Waals surface area contributed by atoms with Gasteiger partial charge in [0.15, 0.2) is 0 Å². The summed E-state index contributed by atoms with van der Waals surface area (Å²) < 4.78 is 0. The van der Waals surface area contributed by atoms with E-state index in [4.69, 9.17) is 0 Å². The third-order valence-electron chi connectivity index (χ3n) is 3.83. The predicted octanol–water partition coefficient (Wildman–Crippen LogP) is 2.96. The van der Waals surface area contributed by atoms with Crippen molar-refractivity contribution < 1.29 is 9.59 Å². The number of benzene rings is 2. The Balaban J connectivity index is 1.93. The lowest BCUT2D eigenvalue weighted by Gasteiger charge is -2.30. The van der Waals surface area contributed by atoms with Gasteiger partial charge in [0.25, 0.3) is 0 Å². The van der Waals surface area contributed by atoms with Crippen LogP contribution in [0.15, 0.2) is 65.8 Å². The fraction of sp³-hybridized carbons (Fsp3) is 0.211. The second-order valence-electron chi connectivity index (χ2n) is 5.80. The lowest BCUT2D eigenvalue weighted by atomic mass is 9.98. The summed E-state index contributed by atoms with van der Waals surface area (Å²) in [7, 11) is 0. The van der Waals surface area contributed by atoms with Gasteiger partial charge in [-0.05, 0) is 18.1 Å². The molecule has 0 fully saturated rings. The van der Waals surface area contributed by atoms with Crippen LogP contribution in [0.3, 0.4) is 0 Å². The molecular weight excluding hydrogens is 302 g/mol. The minimum absolute atomic E-state index is 0.0143. The van der Waals surface area contributed by atoms with E-state index in [9.17, 15) is 9.59 Å². The first-order valence-electron chi connectivity index (χ1n) is 7.89. The fourth-order valence-electron chi connectivity index (χ4n) is 2.70. The second-order valence-corrected chi connectivity index (χ2v) is 5.80. The highest BCUT2D eigenvalue weighted by Gasteiger charge is 2.30. The van der Waals surface area contributed by atoms with Crippen molar-refractivity contribution in [3.05, 3.63) is 71.8 Å². The Bertz CT molecular complexity index is 757. The molecule has 122 valence electrons. The van der Waals surface area contributed by atoms with Crippen LogP contribution in [0.4, 0.5) is 4.79 Å². The Labute approximate surface area is 141 Å². The standard InChI is InChI=1S/C19H19N3O2/c1-14(23)12-17-18(16-10-6-3-7-11-16)21-22(19(24)20-17)13-15-8-4-2-5-9-15/h2-11,17H,12-13H2,1H3,(H,20,24). The van der Waals surface area contributed by atoms with Crippen LogP contribution in [0.1, 0.15) is 24.5 Å². The van der Waals surface area contributed by atoms with Crippen LogP contribution in [-0.4, -0.2) is 28.6 Å². The first kappa shape index (κ1) is 15.9.